The van der Waals surface area contributed by atoms with Gasteiger partial charge in [-0.25, -0.2) is 9.59 Å². The summed E-state index contributed by atoms with van der Waals surface area (Å²) in [4.78, 5) is 119. The van der Waals surface area contributed by atoms with Gasteiger partial charge < -0.3 is 65.8 Å². The molecular formula is C52H83N5O19S. The van der Waals surface area contributed by atoms with Crippen molar-refractivity contribution in [3.05, 3.63) is 29.8 Å². The van der Waals surface area contributed by atoms with E-state index in [2.05, 4.69) is 21.3 Å². The van der Waals surface area contributed by atoms with Crippen LogP contribution in [-0.4, -0.2) is 195 Å². The smallest absolute Gasteiger partial charge is 0.335 e. The molecule has 0 unspecified atom stereocenters. The Bertz CT molecular complexity index is 1930. The summed E-state index contributed by atoms with van der Waals surface area (Å²) in [5, 5.41) is 47.6. The molecule has 1 rings (SSSR count). The summed E-state index contributed by atoms with van der Waals surface area (Å²) in [6, 6.07) is 3.33. The number of nitrogens with two attached hydrogens (primary N) is 1. The third-order valence-corrected chi connectivity index (χ3v) is 12.6. The molecular weight excluding hydrogens is 1030 g/mol. The van der Waals surface area contributed by atoms with Crippen LogP contribution in [0.15, 0.2) is 24.3 Å². The number of aliphatic hydroxyl groups excluding tert-OH is 1. The molecule has 1 aromatic rings. The Hall–Kier alpha value is -5.41. The summed E-state index contributed by atoms with van der Waals surface area (Å²) in [7, 11) is 0. The zero-order chi connectivity index (χ0) is 57.1. The molecule has 10 N–H and O–H groups in total. The largest absolute Gasteiger partial charge is 0.494 e. The second-order valence-electron chi connectivity index (χ2n) is 18.2. The monoisotopic (exact) mass is 1110 g/mol. The summed E-state index contributed by atoms with van der Waals surface area (Å²) in [5.74, 6) is -5.83. The average molecular weight is 1110 g/mol. The minimum absolute atomic E-state index is 0.0414. The number of aliphatic carboxylic acids is 2. The van der Waals surface area contributed by atoms with E-state index in [4.69, 9.17) is 39.6 Å². The maximum absolute atomic E-state index is 12.5. The standard InChI is InChI=1S/C52H83N5O19S/c1-37(59)45(56-31-46(62)43(53)32-58)35-77-36-49(65)57-44(52(70)71)14-8-9-21-54-48(64)34-75-29-26-72-23-11-13-41(61)33-74-28-27-73-25-22-55-47(63)20-17-39(51(68)69)30-40(60)12-7-5-3-2-4-6-10-24-76-42-18-15-38(16-19-42)50(66)67/h15-16,18-19,39,43-45,56,58H,2-14,17,20-36,53H2,1H3,(H,54,64)(H,55,63)(H,57,65)(H,66,67)(H,68,69)(H,70,71)/t39-,43+,44+,45+/m1/s1. The third-order valence-electron chi connectivity index (χ3n) is 11.6. The van der Waals surface area contributed by atoms with Crippen LogP contribution < -0.4 is 31.7 Å². The summed E-state index contributed by atoms with van der Waals surface area (Å²) in [5.41, 5.74) is 5.67. The van der Waals surface area contributed by atoms with Gasteiger partial charge in [0.05, 0.1) is 82.1 Å². The van der Waals surface area contributed by atoms with Crippen LogP contribution in [0.25, 0.3) is 0 Å². The highest BCUT2D eigenvalue weighted by molar-refractivity contribution is 8.00. The number of nitrogens with one attached hydrogen (secondary N) is 4. The van der Waals surface area contributed by atoms with Gasteiger partial charge in [-0.3, -0.25) is 43.7 Å². The molecule has 436 valence electrons. The van der Waals surface area contributed by atoms with Crippen molar-refractivity contribution in [2.24, 2.45) is 11.7 Å². The number of rotatable bonds is 52. The van der Waals surface area contributed by atoms with Crippen molar-refractivity contribution in [3.63, 3.8) is 0 Å². The molecule has 0 aliphatic rings. The minimum atomic E-state index is -1.21. The third kappa shape index (κ3) is 37.9. The molecule has 0 aliphatic heterocycles. The molecule has 25 heteroatoms. The van der Waals surface area contributed by atoms with E-state index in [0.717, 1.165) is 50.3 Å². The van der Waals surface area contributed by atoms with Gasteiger partial charge in [0.15, 0.2) is 11.6 Å². The van der Waals surface area contributed by atoms with Crippen LogP contribution in [0, 0.1) is 5.92 Å². The molecule has 77 heavy (non-hydrogen) atoms. The van der Waals surface area contributed by atoms with Gasteiger partial charge in [0.2, 0.25) is 17.7 Å². The Kier molecular flexibility index (Phi) is 40.3. The molecule has 0 aromatic heterocycles. The van der Waals surface area contributed by atoms with E-state index >= 15 is 0 Å². The van der Waals surface area contributed by atoms with Crippen LogP contribution in [0.5, 0.6) is 5.75 Å². The van der Waals surface area contributed by atoms with Crippen LogP contribution in [0.1, 0.15) is 120 Å². The van der Waals surface area contributed by atoms with Crippen LogP contribution in [0.2, 0.25) is 0 Å². The zero-order valence-electron chi connectivity index (χ0n) is 44.4. The fraction of sp³-hybridized carbons (Fsp3) is 0.692. The lowest BCUT2D eigenvalue weighted by molar-refractivity contribution is -0.144. The van der Waals surface area contributed by atoms with E-state index in [0.29, 0.717) is 51.1 Å². The van der Waals surface area contributed by atoms with E-state index in [1.54, 1.807) is 12.1 Å². The van der Waals surface area contributed by atoms with Crippen molar-refractivity contribution in [1.82, 2.24) is 21.3 Å². The lowest BCUT2D eigenvalue weighted by Crippen LogP contribution is -2.46. The van der Waals surface area contributed by atoms with Crippen molar-refractivity contribution >= 4 is 70.5 Å². The summed E-state index contributed by atoms with van der Waals surface area (Å²) >= 11 is 1.08. The highest BCUT2D eigenvalue weighted by Gasteiger charge is 2.23. The minimum Gasteiger partial charge on any atom is -0.494 e. The topological polar surface area (TPSA) is 372 Å². The number of aromatic carboxylic acids is 1. The molecule has 3 amide bonds. The van der Waals surface area contributed by atoms with Crippen molar-refractivity contribution in [2.75, 3.05) is 97.2 Å². The number of benzene rings is 1. The van der Waals surface area contributed by atoms with E-state index in [1.165, 1.54) is 19.1 Å². The van der Waals surface area contributed by atoms with Crippen molar-refractivity contribution in [1.29, 1.82) is 0 Å². The number of aliphatic hydroxyl groups is 1. The molecule has 0 spiro atoms. The number of carbonyl (C=O) groups is 10. The van der Waals surface area contributed by atoms with Gasteiger partial charge in [-0.1, -0.05) is 32.1 Å². The van der Waals surface area contributed by atoms with E-state index in [-0.39, 0.29) is 144 Å². The number of ether oxygens (including phenoxy) is 5. The molecule has 0 heterocycles. The van der Waals surface area contributed by atoms with Gasteiger partial charge in [0.25, 0.3) is 0 Å². The van der Waals surface area contributed by atoms with E-state index in [1.807, 2.05) is 0 Å². The predicted molar refractivity (Wildman–Crippen MR) is 283 cm³/mol. The number of hydrogen-bond acceptors (Lipinski definition) is 19. The summed E-state index contributed by atoms with van der Waals surface area (Å²) in [6.07, 6.45) is 8.26. The number of thioether (sulfide) groups is 1. The summed E-state index contributed by atoms with van der Waals surface area (Å²) < 4.78 is 27.2. The molecule has 0 bridgehead atoms. The lowest BCUT2D eigenvalue weighted by Gasteiger charge is -2.17. The van der Waals surface area contributed by atoms with Gasteiger partial charge in [-0.15, -0.1) is 11.8 Å². The van der Waals surface area contributed by atoms with Gasteiger partial charge in [0.1, 0.15) is 36.6 Å². The second-order valence-corrected chi connectivity index (χ2v) is 19.2. The van der Waals surface area contributed by atoms with Crippen LogP contribution in [0.4, 0.5) is 0 Å². The highest BCUT2D eigenvalue weighted by Crippen LogP contribution is 2.17. The normalized spacial score (nSPS) is 12.7. The Labute approximate surface area is 454 Å². The SMILES string of the molecule is CC(=O)[C@H](CSCC(=O)N[C@@H](CCCCNC(=O)COCCOCCCC(=O)COCCOCCNC(=O)CC[C@H](CC(=O)CCCCCCCCCOc1ccc(C(=O)O)cc1)C(=O)O)C(=O)O)NCC(=O)[C@@H](N)CO. The Morgan fingerprint density at radius 2 is 1.22 bits per heavy atom. The first-order valence-electron chi connectivity index (χ1n) is 26.2. The van der Waals surface area contributed by atoms with Crippen LogP contribution in [0.3, 0.4) is 0 Å². The number of amides is 3. The number of Topliss-reactive ketones (excluding diaryl/α,β-unsaturated/α-hetero) is 4. The van der Waals surface area contributed by atoms with Gasteiger partial charge in [0, 0.05) is 51.1 Å². The first kappa shape index (κ1) is 69.6. The fourth-order valence-electron chi connectivity index (χ4n) is 7.06. The Balaban J connectivity index is 1.99. The van der Waals surface area contributed by atoms with E-state index in [9.17, 15) is 58.2 Å². The van der Waals surface area contributed by atoms with Crippen molar-refractivity contribution in [2.45, 2.75) is 128 Å². The Morgan fingerprint density at radius 1 is 0.597 bits per heavy atom. The highest BCUT2D eigenvalue weighted by atomic mass is 32.2. The number of carboxylic acids is 3. The number of ketones is 4. The molecule has 0 fully saturated rings. The quantitative estimate of drug-likeness (QED) is 0.0421. The molecule has 0 radical (unpaired) electrons. The molecule has 24 nitrogen and oxygen atoms in total. The Morgan fingerprint density at radius 3 is 1.87 bits per heavy atom. The van der Waals surface area contributed by atoms with Gasteiger partial charge in [-0.2, -0.15) is 0 Å². The van der Waals surface area contributed by atoms with Crippen LogP contribution in [-0.2, 0) is 62.1 Å². The van der Waals surface area contributed by atoms with Crippen LogP contribution >= 0.6 is 11.8 Å². The molecule has 0 saturated carbocycles. The maximum atomic E-state index is 12.5. The maximum Gasteiger partial charge on any atom is 0.335 e. The predicted octanol–water partition coefficient (Wildman–Crippen LogP) is 1.88. The van der Waals surface area contributed by atoms with Gasteiger partial charge in [-0.05, 0) is 76.1 Å². The number of hydrogen-bond donors (Lipinski definition) is 9. The lowest BCUT2D eigenvalue weighted by atomic mass is 9.94. The molecule has 1 aromatic carbocycles. The second kappa shape index (κ2) is 44.6. The molecule has 4 atom stereocenters. The molecule has 0 saturated heterocycles. The van der Waals surface area contributed by atoms with Crippen molar-refractivity contribution in [3.8, 4) is 5.75 Å². The average Bonchev–Trinajstić information content (AvgIpc) is 3.39. The summed E-state index contributed by atoms with van der Waals surface area (Å²) in [6.45, 7) is 2.45. The first-order chi connectivity index (χ1) is 36.9. The first-order valence-corrected chi connectivity index (χ1v) is 27.4. The van der Waals surface area contributed by atoms with E-state index < -0.39 is 60.2 Å². The van der Waals surface area contributed by atoms with Gasteiger partial charge >= 0.3 is 17.9 Å². The fourth-order valence-corrected chi connectivity index (χ4v) is 8.04. The number of carbonyl (C=O) groups excluding carboxylic acids is 7. The van der Waals surface area contributed by atoms with Crippen molar-refractivity contribution < 1.29 is 92.1 Å². The zero-order valence-corrected chi connectivity index (χ0v) is 45.3. The molecule has 0 aliphatic carbocycles. The number of carboxylic acid groups (broad SMARTS) is 3. The number of unbranched alkanes of at least 4 members (excludes halogenated alkanes) is 7.